The average Bonchev–Trinajstić information content (AvgIpc) is 3.23. The first-order valence-electron chi connectivity index (χ1n) is 9.76. The smallest absolute Gasteiger partial charge is 0.226 e. The van der Waals surface area contributed by atoms with Gasteiger partial charge in [-0.15, -0.1) is 11.3 Å². The van der Waals surface area contributed by atoms with Crippen molar-refractivity contribution in [2.24, 2.45) is 0 Å². The zero-order valence-corrected chi connectivity index (χ0v) is 17.0. The Labute approximate surface area is 174 Å². The summed E-state index contributed by atoms with van der Waals surface area (Å²) in [5.74, 6) is -0.0282. The van der Waals surface area contributed by atoms with Crippen molar-refractivity contribution in [3.05, 3.63) is 71.0 Å². The molecule has 0 spiro atoms. The topological polar surface area (TPSA) is 67.4 Å². The number of hydrogen-bond acceptors (Lipinski definition) is 6. The highest BCUT2D eigenvalue weighted by atomic mass is 32.1. The maximum atomic E-state index is 12.2. The van der Waals surface area contributed by atoms with Crippen molar-refractivity contribution in [1.82, 2.24) is 20.2 Å². The van der Waals surface area contributed by atoms with E-state index in [4.69, 9.17) is 4.74 Å². The van der Waals surface area contributed by atoms with Gasteiger partial charge < -0.3 is 10.1 Å². The Hall–Kier alpha value is -2.61. The van der Waals surface area contributed by atoms with E-state index in [0.717, 1.165) is 54.7 Å². The van der Waals surface area contributed by atoms with Crippen LogP contribution in [0, 0.1) is 0 Å². The molecule has 0 bridgehead atoms. The molecule has 3 heterocycles. The number of aromatic nitrogens is 2. The Morgan fingerprint density at radius 2 is 1.83 bits per heavy atom. The van der Waals surface area contributed by atoms with Gasteiger partial charge in [-0.3, -0.25) is 14.7 Å². The van der Waals surface area contributed by atoms with Gasteiger partial charge in [0.25, 0.3) is 0 Å². The summed E-state index contributed by atoms with van der Waals surface area (Å²) in [5.41, 5.74) is 4.21. The first-order valence-corrected chi connectivity index (χ1v) is 10.6. The predicted octanol–water partition coefficient (Wildman–Crippen LogP) is 2.90. The summed E-state index contributed by atoms with van der Waals surface area (Å²) in [7, 11) is 0. The number of amides is 1. The van der Waals surface area contributed by atoms with Gasteiger partial charge in [0.05, 0.1) is 25.3 Å². The third-order valence-corrected chi connectivity index (χ3v) is 5.78. The van der Waals surface area contributed by atoms with Crippen LogP contribution >= 0.6 is 11.3 Å². The number of thiazole rings is 1. The van der Waals surface area contributed by atoms with Crippen molar-refractivity contribution < 1.29 is 9.53 Å². The van der Waals surface area contributed by atoms with Crippen LogP contribution in [0.25, 0.3) is 10.6 Å². The molecule has 1 fully saturated rings. The second-order valence-electron chi connectivity index (χ2n) is 7.04. The van der Waals surface area contributed by atoms with E-state index < -0.39 is 0 Å². The van der Waals surface area contributed by atoms with Gasteiger partial charge in [-0.1, -0.05) is 24.3 Å². The SMILES string of the molecule is O=C(Cc1csc(-c2ccc(CN3CCOCC3)cc2)n1)NCc1ccncc1. The van der Waals surface area contributed by atoms with Crippen LogP contribution in [-0.2, 0) is 29.0 Å². The fourth-order valence-corrected chi connectivity index (χ4v) is 4.05. The van der Waals surface area contributed by atoms with E-state index in [-0.39, 0.29) is 12.3 Å². The van der Waals surface area contributed by atoms with Crippen LogP contribution in [0.2, 0.25) is 0 Å². The largest absolute Gasteiger partial charge is 0.379 e. The predicted molar refractivity (Wildman–Crippen MR) is 113 cm³/mol. The van der Waals surface area contributed by atoms with Crippen LogP contribution in [0.5, 0.6) is 0 Å². The van der Waals surface area contributed by atoms with Gasteiger partial charge >= 0.3 is 0 Å². The van der Waals surface area contributed by atoms with Gasteiger partial charge in [0.2, 0.25) is 5.91 Å². The van der Waals surface area contributed by atoms with Gasteiger partial charge in [-0.25, -0.2) is 4.98 Å². The Kier molecular flexibility index (Phi) is 6.61. The lowest BCUT2D eigenvalue weighted by Crippen LogP contribution is -2.35. The molecule has 0 unspecified atom stereocenters. The number of carbonyl (C=O) groups excluding carboxylic acids is 1. The van der Waals surface area contributed by atoms with Crippen molar-refractivity contribution >= 4 is 17.2 Å². The van der Waals surface area contributed by atoms with Crippen molar-refractivity contribution in [1.29, 1.82) is 0 Å². The number of pyridine rings is 1. The zero-order chi connectivity index (χ0) is 19.9. The van der Waals surface area contributed by atoms with Gasteiger partial charge in [-0.2, -0.15) is 0 Å². The standard InChI is InChI=1S/C22H24N4O2S/c27-21(24-14-17-5-7-23-8-6-17)13-20-16-29-22(25-20)19-3-1-18(2-4-19)15-26-9-11-28-12-10-26/h1-8,16H,9-15H2,(H,24,27). The maximum Gasteiger partial charge on any atom is 0.226 e. The average molecular weight is 409 g/mol. The van der Waals surface area contributed by atoms with E-state index >= 15 is 0 Å². The molecular formula is C22H24N4O2S. The van der Waals surface area contributed by atoms with E-state index in [9.17, 15) is 4.79 Å². The van der Waals surface area contributed by atoms with E-state index in [1.165, 1.54) is 5.56 Å². The van der Waals surface area contributed by atoms with E-state index in [2.05, 4.69) is 44.5 Å². The zero-order valence-electron chi connectivity index (χ0n) is 16.2. The monoisotopic (exact) mass is 408 g/mol. The van der Waals surface area contributed by atoms with Crippen LogP contribution in [0.15, 0.2) is 54.2 Å². The first-order chi connectivity index (χ1) is 14.3. The molecule has 1 aromatic carbocycles. The molecule has 6 nitrogen and oxygen atoms in total. The second-order valence-corrected chi connectivity index (χ2v) is 7.90. The number of rotatable bonds is 7. The van der Waals surface area contributed by atoms with Crippen molar-refractivity contribution in [3.8, 4) is 10.6 Å². The van der Waals surface area contributed by atoms with Crippen molar-refractivity contribution in [2.45, 2.75) is 19.5 Å². The lowest BCUT2D eigenvalue weighted by molar-refractivity contribution is -0.120. The van der Waals surface area contributed by atoms with E-state index in [1.54, 1.807) is 23.7 Å². The van der Waals surface area contributed by atoms with E-state index in [0.29, 0.717) is 6.54 Å². The lowest BCUT2D eigenvalue weighted by atomic mass is 10.1. The molecule has 1 N–H and O–H groups in total. The highest BCUT2D eigenvalue weighted by Gasteiger charge is 2.12. The molecule has 0 aliphatic carbocycles. The Bertz CT molecular complexity index is 922. The van der Waals surface area contributed by atoms with Crippen LogP contribution in [-0.4, -0.2) is 47.1 Å². The van der Waals surface area contributed by atoms with Crippen LogP contribution in [0.4, 0.5) is 0 Å². The van der Waals surface area contributed by atoms with Gasteiger partial charge in [-0.05, 0) is 23.3 Å². The van der Waals surface area contributed by atoms with Crippen molar-refractivity contribution in [3.63, 3.8) is 0 Å². The fraction of sp³-hybridized carbons (Fsp3) is 0.318. The van der Waals surface area contributed by atoms with Gasteiger partial charge in [0, 0.05) is 49.5 Å². The maximum absolute atomic E-state index is 12.2. The third kappa shape index (κ3) is 5.69. The van der Waals surface area contributed by atoms with Crippen LogP contribution in [0.3, 0.4) is 0 Å². The minimum absolute atomic E-state index is 0.0282. The summed E-state index contributed by atoms with van der Waals surface area (Å²) < 4.78 is 5.40. The summed E-state index contributed by atoms with van der Waals surface area (Å²) in [5, 5.41) is 5.83. The molecule has 0 atom stereocenters. The number of nitrogens with one attached hydrogen (secondary N) is 1. The molecular weight excluding hydrogens is 384 g/mol. The number of hydrogen-bond donors (Lipinski definition) is 1. The second kappa shape index (κ2) is 9.73. The molecule has 7 heteroatoms. The molecule has 150 valence electrons. The van der Waals surface area contributed by atoms with E-state index in [1.807, 2.05) is 17.5 Å². The van der Waals surface area contributed by atoms with Crippen molar-refractivity contribution in [2.75, 3.05) is 26.3 Å². The highest BCUT2D eigenvalue weighted by Crippen LogP contribution is 2.24. The minimum atomic E-state index is -0.0282. The molecule has 4 rings (SSSR count). The minimum Gasteiger partial charge on any atom is -0.379 e. The number of benzene rings is 1. The summed E-state index contributed by atoms with van der Waals surface area (Å²) in [6.07, 6.45) is 3.73. The summed E-state index contributed by atoms with van der Waals surface area (Å²) in [6.45, 7) is 5.06. The molecule has 0 radical (unpaired) electrons. The fourth-order valence-electron chi connectivity index (χ4n) is 3.22. The first kappa shape index (κ1) is 19.7. The molecule has 29 heavy (non-hydrogen) atoms. The quantitative estimate of drug-likeness (QED) is 0.651. The Morgan fingerprint density at radius 1 is 1.07 bits per heavy atom. The lowest BCUT2D eigenvalue weighted by Gasteiger charge is -2.26. The molecule has 3 aromatic rings. The summed E-state index contributed by atoms with van der Waals surface area (Å²) in [6, 6.07) is 12.3. The molecule has 1 saturated heterocycles. The Morgan fingerprint density at radius 3 is 2.59 bits per heavy atom. The molecule has 1 amide bonds. The number of nitrogens with zero attached hydrogens (tertiary/aromatic N) is 3. The number of ether oxygens (including phenoxy) is 1. The molecule has 1 aliphatic rings. The van der Waals surface area contributed by atoms with Gasteiger partial charge in [0.1, 0.15) is 5.01 Å². The Balaban J connectivity index is 1.30. The summed E-state index contributed by atoms with van der Waals surface area (Å²) >= 11 is 1.57. The number of morpholine rings is 1. The normalized spacial score (nSPS) is 14.6. The van der Waals surface area contributed by atoms with Crippen LogP contribution in [0.1, 0.15) is 16.8 Å². The molecule has 2 aromatic heterocycles. The molecule has 1 aliphatic heterocycles. The van der Waals surface area contributed by atoms with Crippen LogP contribution < -0.4 is 5.32 Å². The highest BCUT2D eigenvalue weighted by molar-refractivity contribution is 7.13. The molecule has 0 saturated carbocycles. The van der Waals surface area contributed by atoms with Gasteiger partial charge in [0.15, 0.2) is 0 Å². The number of carbonyl (C=O) groups is 1. The third-order valence-electron chi connectivity index (χ3n) is 4.84. The summed E-state index contributed by atoms with van der Waals surface area (Å²) in [4.78, 5) is 23.2.